The van der Waals surface area contributed by atoms with Crippen molar-refractivity contribution in [1.29, 1.82) is 0 Å². The monoisotopic (exact) mass is 356 g/mol. The average Bonchev–Trinajstić information content (AvgIpc) is 3.17. The maximum Gasteiger partial charge on any atom is 0.233 e. The van der Waals surface area contributed by atoms with Crippen LogP contribution in [-0.2, 0) is 9.59 Å². The number of benzene rings is 1. The summed E-state index contributed by atoms with van der Waals surface area (Å²) >= 11 is 0. The molecular weight excluding hydrogens is 332 g/mol. The molecule has 0 unspecified atom stereocenters. The van der Waals surface area contributed by atoms with Crippen LogP contribution in [0, 0.1) is 11.8 Å². The summed E-state index contributed by atoms with van der Waals surface area (Å²) in [6.45, 7) is 0.746. The molecular formula is C19H24N4O3. The van der Waals surface area contributed by atoms with Gasteiger partial charge in [-0.05, 0) is 37.3 Å². The summed E-state index contributed by atoms with van der Waals surface area (Å²) in [5.41, 5.74) is 1.87. The Morgan fingerprint density at radius 3 is 2.92 bits per heavy atom. The number of aromatic amines is 1. The Kier molecular flexibility index (Phi) is 4.63. The topological polar surface area (TPSA) is 89.5 Å². The number of carbonyl (C=O) groups is 2. The van der Waals surface area contributed by atoms with E-state index in [-0.39, 0.29) is 24.4 Å². The van der Waals surface area contributed by atoms with Gasteiger partial charge in [-0.25, -0.2) is 10.0 Å². The highest BCUT2D eigenvalue weighted by molar-refractivity contribution is 5.80. The summed E-state index contributed by atoms with van der Waals surface area (Å²) in [7, 11) is 0. The molecule has 1 aliphatic carbocycles. The van der Waals surface area contributed by atoms with E-state index in [2.05, 4.69) is 9.97 Å². The predicted octanol–water partition coefficient (Wildman–Crippen LogP) is 2.49. The van der Waals surface area contributed by atoms with Crippen LogP contribution in [0.1, 0.15) is 44.0 Å². The van der Waals surface area contributed by atoms with E-state index in [9.17, 15) is 14.8 Å². The molecule has 1 saturated carbocycles. The van der Waals surface area contributed by atoms with Crippen LogP contribution in [0.15, 0.2) is 24.3 Å². The quantitative estimate of drug-likeness (QED) is 0.453. The van der Waals surface area contributed by atoms with Gasteiger partial charge in [-0.3, -0.25) is 14.8 Å². The smallest absolute Gasteiger partial charge is 0.233 e. The van der Waals surface area contributed by atoms with E-state index >= 15 is 0 Å². The van der Waals surface area contributed by atoms with Gasteiger partial charge in [0.15, 0.2) is 0 Å². The van der Waals surface area contributed by atoms with Crippen molar-refractivity contribution in [2.45, 2.75) is 38.1 Å². The van der Waals surface area contributed by atoms with Crippen molar-refractivity contribution in [3.63, 3.8) is 0 Å². The Labute approximate surface area is 152 Å². The van der Waals surface area contributed by atoms with E-state index < -0.39 is 0 Å². The second-order valence-electron chi connectivity index (χ2n) is 7.43. The first kappa shape index (κ1) is 17.0. The molecule has 2 heterocycles. The Morgan fingerprint density at radius 1 is 1.38 bits per heavy atom. The normalized spacial score (nSPS) is 21.1. The molecule has 2 atom stereocenters. The highest BCUT2D eigenvalue weighted by Gasteiger charge is 2.38. The highest BCUT2D eigenvalue weighted by Crippen LogP contribution is 2.38. The van der Waals surface area contributed by atoms with Crippen molar-refractivity contribution in [2.24, 2.45) is 11.8 Å². The summed E-state index contributed by atoms with van der Waals surface area (Å²) in [5.74, 6) is 1.01. The SMILES string of the molecule is O=CN(O)C[C@@H](CC1CC1)C(=O)N1CCC[C@H]1c1nc2ccccc2[nH]1. The standard InChI is InChI=1S/C19H24N4O3/c24-12-22(26)11-14(10-13-7-8-13)19(25)23-9-3-6-17(23)18-20-15-4-1-2-5-16(15)21-18/h1-2,4-5,12-14,17,26H,3,6-11H2,(H,20,21)/t14-,17+/m1/s1. The molecule has 0 bridgehead atoms. The second kappa shape index (κ2) is 7.07. The third-order valence-electron chi connectivity index (χ3n) is 5.45. The lowest BCUT2D eigenvalue weighted by atomic mass is 9.99. The van der Waals surface area contributed by atoms with Gasteiger partial charge in [-0.2, -0.15) is 0 Å². The van der Waals surface area contributed by atoms with Gasteiger partial charge in [0.2, 0.25) is 12.3 Å². The Morgan fingerprint density at radius 2 is 2.19 bits per heavy atom. The number of aromatic nitrogens is 2. The maximum atomic E-state index is 13.2. The first-order chi connectivity index (χ1) is 12.7. The van der Waals surface area contributed by atoms with E-state index in [0.29, 0.717) is 23.9 Å². The van der Waals surface area contributed by atoms with Crippen LogP contribution >= 0.6 is 0 Å². The molecule has 2 fully saturated rings. The molecule has 138 valence electrons. The molecule has 0 radical (unpaired) electrons. The molecule has 7 nitrogen and oxygen atoms in total. The number of hydrogen-bond acceptors (Lipinski definition) is 4. The number of rotatable bonds is 7. The van der Waals surface area contributed by atoms with Crippen molar-refractivity contribution in [3.05, 3.63) is 30.1 Å². The van der Waals surface area contributed by atoms with Crippen LogP contribution < -0.4 is 0 Å². The number of para-hydroxylation sites is 2. The molecule has 1 saturated heterocycles. The third-order valence-corrected chi connectivity index (χ3v) is 5.45. The van der Waals surface area contributed by atoms with Gasteiger partial charge in [-0.1, -0.05) is 25.0 Å². The Balaban J connectivity index is 1.55. The van der Waals surface area contributed by atoms with Gasteiger partial charge < -0.3 is 9.88 Å². The molecule has 2 amide bonds. The van der Waals surface area contributed by atoms with Crippen LogP contribution in [0.4, 0.5) is 0 Å². The first-order valence-corrected chi connectivity index (χ1v) is 9.31. The van der Waals surface area contributed by atoms with Crippen molar-refractivity contribution in [3.8, 4) is 0 Å². The van der Waals surface area contributed by atoms with Gasteiger partial charge in [-0.15, -0.1) is 0 Å². The minimum atomic E-state index is -0.359. The Hall–Kier alpha value is -2.41. The van der Waals surface area contributed by atoms with Gasteiger partial charge in [0.25, 0.3) is 0 Å². The zero-order valence-electron chi connectivity index (χ0n) is 14.7. The fourth-order valence-electron chi connectivity index (χ4n) is 3.96. The van der Waals surface area contributed by atoms with Crippen molar-refractivity contribution < 1.29 is 14.8 Å². The highest BCUT2D eigenvalue weighted by atomic mass is 16.5. The minimum Gasteiger partial charge on any atom is -0.340 e. The van der Waals surface area contributed by atoms with E-state index in [4.69, 9.17) is 0 Å². The van der Waals surface area contributed by atoms with Gasteiger partial charge >= 0.3 is 0 Å². The van der Waals surface area contributed by atoms with Crippen LogP contribution in [0.25, 0.3) is 11.0 Å². The molecule has 2 aromatic rings. The van der Waals surface area contributed by atoms with Crippen molar-refractivity contribution in [1.82, 2.24) is 19.9 Å². The molecule has 26 heavy (non-hydrogen) atoms. The molecule has 1 aromatic carbocycles. The molecule has 1 aromatic heterocycles. The number of nitrogens with zero attached hydrogens (tertiary/aromatic N) is 3. The Bertz CT molecular complexity index is 768. The number of H-pyrrole nitrogens is 1. The van der Waals surface area contributed by atoms with E-state index in [1.54, 1.807) is 0 Å². The average molecular weight is 356 g/mol. The summed E-state index contributed by atoms with van der Waals surface area (Å²) in [6.07, 6.45) is 5.16. The largest absolute Gasteiger partial charge is 0.340 e. The first-order valence-electron chi connectivity index (χ1n) is 9.31. The summed E-state index contributed by atoms with van der Waals surface area (Å²) in [6, 6.07) is 7.78. The number of likely N-dealkylation sites (tertiary alicyclic amines) is 1. The molecule has 2 N–H and O–H groups in total. The van der Waals surface area contributed by atoms with Crippen LogP contribution in [0.3, 0.4) is 0 Å². The maximum absolute atomic E-state index is 13.2. The number of fused-ring (bicyclic) bond motifs is 1. The zero-order valence-corrected chi connectivity index (χ0v) is 14.7. The van der Waals surface area contributed by atoms with E-state index in [0.717, 1.165) is 49.0 Å². The van der Waals surface area contributed by atoms with Gasteiger partial charge in [0.1, 0.15) is 5.82 Å². The van der Waals surface area contributed by atoms with Crippen LogP contribution in [-0.4, -0.2) is 50.5 Å². The zero-order chi connectivity index (χ0) is 18.1. The lowest BCUT2D eigenvalue weighted by Gasteiger charge is -2.29. The molecule has 1 aliphatic heterocycles. The summed E-state index contributed by atoms with van der Waals surface area (Å²) in [5, 5.41) is 10.2. The van der Waals surface area contributed by atoms with Crippen molar-refractivity contribution >= 4 is 23.4 Å². The molecule has 0 spiro atoms. The molecule has 7 heteroatoms. The predicted molar refractivity (Wildman–Crippen MR) is 95.2 cm³/mol. The van der Waals surface area contributed by atoms with Gasteiger partial charge in [0, 0.05) is 6.54 Å². The molecule has 2 aliphatic rings. The van der Waals surface area contributed by atoms with Crippen molar-refractivity contribution in [2.75, 3.05) is 13.1 Å². The fraction of sp³-hybridized carbons (Fsp3) is 0.526. The third kappa shape index (κ3) is 3.44. The second-order valence-corrected chi connectivity index (χ2v) is 7.43. The van der Waals surface area contributed by atoms with E-state index in [1.807, 2.05) is 29.2 Å². The fourth-order valence-corrected chi connectivity index (χ4v) is 3.96. The number of hydrogen-bond donors (Lipinski definition) is 2. The number of nitrogens with one attached hydrogen (secondary N) is 1. The minimum absolute atomic E-state index is 0.0146. The number of carbonyl (C=O) groups excluding carboxylic acids is 2. The van der Waals surface area contributed by atoms with Gasteiger partial charge in [0.05, 0.1) is 29.5 Å². The van der Waals surface area contributed by atoms with Crippen LogP contribution in [0.5, 0.6) is 0 Å². The number of hydroxylamine groups is 2. The summed E-state index contributed by atoms with van der Waals surface area (Å²) < 4.78 is 0. The summed E-state index contributed by atoms with van der Waals surface area (Å²) in [4.78, 5) is 33.9. The lowest BCUT2D eigenvalue weighted by Crippen LogP contribution is -2.41. The van der Waals surface area contributed by atoms with Crippen LogP contribution in [0.2, 0.25) is 0 Å². The molecule has 4 rings (SSSR count). The lowest BCUT2D eigenvalue weighted by molar-refractivity contribution is -0.157. The van der Waals surface area contributed by atoms with E-state index in [1.165, 1.54) is 0 Å². The number of amides is 2. The number of imidazole rings is 1.